The van der Waals surface area contributed by atoms with Crippen molar-refractivity contribution < 1.29 is 19.0 Å². The number of amides is 3. The molecule has 3 rings (SSSR count). The number of hydrogen-bond acceptors (Lipinski definition) is 6. The molecule has 1 aliphatic rings. The molecule has 25 heavy (non-hydrogen) atoms. The van der Waals surface area contributed by atoms with Gasteiger partial charge in [0.05, 0.1) is 6.54 Å². The van der Waals surface area contributed by atoms with Gasteiger partial charge in [-0.15, -0.1) is 0 Å². The van der Waals surface area contributed by atoms with Gasteiger partial charge in [-0.2, -0.15) is 0 Å². The van der Waals surface area contributed by atoms with Crippen LogP contribution in [0.1, 0.15) is 21.6 Å². The van der Waals surface area contributed by atoms with Gasteiger partial charge in [-0.05, 0) is 36.7 Å². The summed E-state index contributed by atoms with van der Waals surface area (Å²) >= 11 is 0. The van der Waals surface area contributed by atoms with Crippen LogP contribution in [0.4, 0.5) is 10.5 Å². The van der Waals surface area contributed by atoms with Gasteiger partial charge in [0.15, 0.2) is 0 Å². The zero-order valence-electron chi connectivity index (χ0n) is 14.0. The van der Waals surface area contributed by atoms with Crippen molar-refractivity contribution in [2.45, 2.75) is 13.8 Å². The summed E-state index contributed by atoms with van der Waals surface area (Å²) in [5.41, 5.74) is 2.71. The van der Waals surface area contributed by atoms with Gasteiger partial charge >= 0.3 is 6.03 Å². The Kier molecular flexibility index (Phi) is 4.82. The van der Waals surface area contributed by atoms with E-state index in [1.54, 1.807) is 24.0 Å². The Labute approximate surface area is 144 Å². The third-order valence-electron chi connectivity index (χ3n) is 3.86. The minimum absolute atomic E-state index is 0.148. The van der Waals surface area contributed by atoms with Crippen molar-refractivity contribution in [2.24, 2.45) is 0 Å². The smallest absolute Gasteiger partial charge is 0.322 e. The highest BCUT2D eigenvalue weighted by molar-refractivity contribution is 5.99. The van der Waals surface area contributed by atoms with E-state index in [2.05, 4.69) is 25.6 Å². The first-order valence-corrected chi connectivity index (χ1v) is 7.92. The molecule has 0 spiro atoms. The first-order valence-electron chi connectivity index (χ1n) is 7.92. The van der Waals surface area contributed by atoms with E-state index in [4.69, 9.17) is 4.74 Å². The van der Waals surface area contributed by atoms with Crippen LogP contribution in [-0.2, 0) is 0 Å². The van der Waals surface area contributed by atoms with E-state index in [9.17, 15) is 9.59 Å². The molecule has 0 radical (unpaired) electrons. The summed E-state index contributed by atoms with van der Waals surface area (Å²) < 4.78 is 9.88. The van der Waals surface area contributed by atoms with Crippen molar-refractivity contribution >= 4 is 17.6 Å². The molecular weight excluding hydrogens is 326 g/mol. The number of carbonyl (C=O) groups excluding carboxylic acids is 2. The van der Waals surface area contributed by atoms with Crippen molar-refractivity contribution in [3.8, 4) is 5.88 Å². The fourth-order valence-electron chi connectivity index (χ4n) is 2.51. The average Bonchev–Trinajstić information content (AvgIpc) is 3.20. The van der Waals surface area contributed by atoms with Crippen LogP contribution >= 0.6 is 0 Å². The Hall–Kier alpha value is -3.10. The second kappa shape index (κ2) is 7.20. The maximum absolute atomic E-state index is 12.3. The van der Waals surface area contributed by atoms with Gasteiger partial charge in [-0.1, -0.05) is 11.2 Å². The van der Waals surface area contributed by atoms with Crippen molar-refractivity contribution in [2.75, 3.05) is 31.1 Å². The molecule has 9 heteroatoms. The van der Waals surface area contributed by atoms with Crippen LogP contribution in [0, 0.1) is 13.8 Å². The topological polar surface area (TPSA) is 110 Å². The summed E-state index contributed by atoms with van der Waals surface area (Å²) in [6, 6.07) is 5.14. The van der Waals surface area contributed by atoms with Crippen LogP contribution in [-0.4, -0.2) is 48.5 Å². The largest absolute Gasteiger partial charge is 0.472 e. The monoisotopic (exact) mass is 345 g/mol. The van der Waals surface area contributed by atoms with E-state index in [-0.39, 0.29) is 18.5 Å². The van der Waals surface area contributed by atoms with Gasteiger partial charge in [0.2, 0.25) is 0 Å². The molecule has 1 fully saturated rings. The SMILES string of the molecule is Cc1ccc(C(=O)NCCOc2nonc2C)cc1N1CCNC1=O. The Bertz CT molecular complexity index is 789. The first-order chi connectivity index (χ1) is 12.1. The number of carbonyl (C=O) groups is 2. The quantitative estimate of drug-likeness (QED) is 0.757. The fourth-order valence-corrected chi connectivity index (χ4v) is 2.51. The van der Waals surface area contributed by atoms with Crippen molar-refractivity contribution in [1.29, 1.82) is 0 Å². The van der Waals surface area contributed by atoms with Gasteiger partial charge in [0.25, 0.3) is 11.8 Å². The Morgan fingerprint density at radius 3 is 2.92 bits per heavy atom. The van der Waals surface area contributed by atoms with Crippen LogP contribution in [0.3, 0.4) is 0 Å². The Morgan fingerprint density at radius 2 is 2.24 bits per heavy atom. The molecule has 0 unspecified atom stereocenters. The third-order valence-corrected chi connectivity index (χ3v) is 3.86. The molecule has 1 aliphatic heterocycles. The van der Waals surface area contributed by atoms with E-state index in [1.807, 2.05) is 13.0 Å². The van der Waals surface area contributed by atoms with E-state index < -0.39 is 0 Å². The highest BCUT2D eigenvalue weighted by Gasteiger charge is 2.23. The molecule has 2 N–H and O–H groups in total. The highest BCUT2D eigenvalue weighted by Crippen LogP contribution is 2.23. The lowest BCUT2D eigenvalue weighted by Gasteiger charge is -2.18. The maximum atomic E-state index is 12.3. The molecule has 1 saturated heterocycles. The number of aromatic nitrogens is 2. The number of anilines is 1. The van der Waals surface area contributed by atoms with Gasteiger partial charge in [-0.25, -0.2) is 9.42 Å². The minimum Gasteiger partial charge on any atom is -0.472 e. The lowest BCUT2D eigenvalue weighted by Crippen LogP contribution is -2.30. The van der Waals surface area contributed by atoms with Crippen LogP contribution in [0.15, 0.2) is 22.8 Å². The summed E-state index contributed by atoms with van der Waals surface area (Å²) in [5, 5.41) is 12.7. The zero-order valence-corrected chi connectivity index (χ0v) is 14.0. The van der Waals surface area contributed by atoms with Crippen molar-refractivity contribution in [3.05, 3.63) is 35.0 Å². The second-order valence-electron chi connectivity index (χ2n) is 5.64. The molecule has 3 amide bonds. The zero-order chi connectivity index (χ0) is 17.8. The van der Waals surface area contributed by atoms with Gasteiger partial charge < -0.3 is 15.4 Å². The molecule has 1 aromatic heterocycles. The predicted octanol–water partition coefficient (Wildman–Crippen LogP) is 1.02. The van der Waals surface area contributed by atoms with E-state index in [0.717, 1.165) is 11.3 Å². The van der Waals surface area contributed by atoms with Gasteiger partial charge in [-0.3, -0.25) is 9.69 Å². The number of ether oxygens (including phenoxy) is 1. The molecule has 0 atom stereocenters. The number of hydrogen-bond donors (Lipinski definition) is 2. The predicted molar refractivity (Wildman–Crippen MR) is 88.8 cm³/mol. The second-order valence-corrected chi connectivity index (χ2v) is 5.64. The normalized spacial score (nSPS) is 13.7. The number of nitrogens with one attached hydrogen (secondary N) is 2. The third kappa shape index (κ3) is 3.70. The number of aryl methyl sites for hydroxylation is 2. The molecule has 2 heterocycles. The van der Waals surface area contributed by atoms with Gasteiger partial charge in [0.1, 0.15) is 12.3 Å². The van der Waals surface area contributed by atoms with E-state index >= 15 is 0 Å². The van der Waals surface area contributed by atoms with E-state index in [1.165, 1.54) is 0 Å². The summed E-state index contributed by atoms with van der Waals surface area (Å²) in [6.45, 7) is 5.36. The van der Waals surface area contributed by atoms with Crippen molar-refractivity contribution in [1.82, 2.24) is 20.9 Å². The number of benzene rings is 1. The van der Waals surface area contributed by atoms with Crippen LogP contribution < -0.4 is 20.3 Å². The molecule has 9 nitrogen and oxygen atoms in total. The molecule has 0 bridgehead atoms. The summed E-state index contributed by atoms with van der Waals surface area (Å²) in [5.74, 6) is 0.0753. The lowest BCUT2D eigenvalue weighted by molar-refractivity contribution is 0.0946. The van der Waals surface area contributed by atoms with E-state index in [0.29, 0.717) is 36.8 Å². The Balaban J connectivity index is 1.58. The summed E-state index contributed by atoms with van der Waals surface area (Å²) in [6.07, 6.45) is 0. The highest BCUT2D eigenvalue weighted by atomic mass is 16.6. The van der Waals surface area contributed by atoms with Crippen molar-refractivity contribution in [3.63, 3.8) is 0 Å². The number of nitrogens with zero attached hydrogens (tertiary/aromatic N) is 3. The standard InChI is InChI=1S/C16H19N5O4/c1-10-3-4-12(9-13(10)21-7-5-18-16(21)23)14(22)17-6-8-24-15-11(2)19-25-20-15/h3-4,9H,5-8H2,1-2H3,(H,17,22)(H,18,23). The molecule has 0 aliphatic carbocycles. The van der Waals surface area contributed by atoms with Crippen LogP contribution in [0.25, 0.3) is 0 Å². The molecule has 0 saturated carbocycles. The summed E-state index contributed by atoms with van der Waals surface area (Å²) in [4.78, 5) is 25.8. The van der Waals surface area contributed by atoms with Crippen LogP contribution in [0.5, 0.6) is 5.88 Å². The van der Waals surface area contributed by atoms with Crippen LogP contribution in [0.2, 0.25) is 0 Å². The molecular formula is C16H19N5O4. The summed E-state index contributed by atoms with van der Waals surface area (Å²) in [7, 11) is 0. The minimum atomic E-state index is -0.237. The molecule has 132 valence electrons. The number of rotatable bonds is 6. The Morgan fingerprint density at radius 1 is 1.40 bits per heavy atom. The fraction of sp³-hybridized carbons (Fsp3) is 0.375. The maximum Gasteiger partial charge on any atom is 0.322 e. The number of urea groups is 1. The molecule has 2 aromatic rings. The average molecular weight is 345 g/mol. The molecule has 1 aromatic carbocycles. The van der Waals surface area contributed by atoms with Gasteiger partial charge in [0, 0.05) is 24.3 Å². The lowest BCUT2D eigenvalue weighted by atomic mass is 10.1. The first kappa shape index (κ1) is 16.7.